The van der Waals surface area contributed by atoms with Crippen LogP contribution in [0.3, 0.4) is 0 Å². The van der Waals surface area contributed by atoms with E-state index < -0.39 is 5.97 Å². The fraction of sp³-hybridized carbons (Fsp3) is 0.846. The van der Waals surface area contributed by atoms with Gasteiger partial charge in [0.25, 0.3) is 0 Å². The fourth-order valence-electron chi connectivity index (χ4n) is 2.98. The van der Waals surface area contributed by atoms with Crippen LogP contribution in [0.15, 0.2) is 0 Å². The smallest absolute Gasteiger partial charge is 0.306 e. The quantitative estimate of drug-likeness (QED) is 0.787. The summed E-state index contributed by atoms with van der Waals surface area (Å²) in [6.45, 7) is 2.11. The van der Waals surface area contributed by atoms with Crippen LogP contribution in [0.2, 0.25) is 0 Å². The summed E-state index contributed by atoms with van der Waals surface area (Å²) in [6, 6.07) is 0. The van der Waals surface area contributed by atoms with Crippen LogP contribution < -0.4 is 5.32 Å². The predicted molar refractivity (Wildman–Crippen MR) is 63.5 cm³/mol. The summed E-state index contributed by atoms with van der Waals surface area (Å²) >= 11 is 0. The molecule has 0 aromatic carbocycles. The first-order chi connectivity index (χ1) is 8.06. The van der Waals surface area contributed by atoms with Gasteiger partial charge in [0.1, 0.15) is 0 Å². The van der Waals surface area contributed by atoms with Crippen molar-refractivity contribution in [2.75, 3.05) is 0 Å². The summed E-state index contributed by atoms with van der Waals surface area (Å²) in [5.41, 5.74) is 0.0262. The summed E-state index contributed by atoms with van der Waals surface area (Å²) < 4.78 is 0. The minimum absolute atomic E-state index is 0.0262. The van der Waals surface area contributed by atoms with E-state index in [4.69, 9.17) is 5.11 Å². The van der Waals surface area contributed by atoms with Gasteiger partial charge in [-0.15, -0.1) is 0 Å². The van der Waals surface area contributed by atoms with Crippen molar-refractivity contribution in [2.45, 2.75) is 57.4 Å². The van der Waals surface area contributed by atoms with Crippen LogP contribution in [-0.4, -0.2) is 22.5 Å². The molecule has 17 heavy (non-hydrogen) atoms. The largest absolute Gasteiger partial charge is 0.481 e. The van der Waals surface area contributed by atoms with Gasteiger partial charge in [-0.1, -0.05) is 6.92 Å². The molecule has 2 rings (SSSR count). The lowest BCUT2D eigenvalue weighted by Crippen LogP contribution is -2.54. The molecule has 0 aliphatic heterocycles. The summed E-state index contributed by atoms with van der Waals surface area (Å²) in [6.07, 6.45) is 6.20. The molecule has 1 amide bonds. The monoisotopic (exact) mass is 239 g/mol. The zero-order valence-electron chi connectivity index (χ0n) is 10.4. The van der Waals surface area contributed by atoms with Gasteiger partial charge in [0, 0.05) is 11.5 Å². The Balaban J connectivity index is 1.87. The average Bonchev–Trinajstić information content (AvgIpc) is 2.72. The summed E-state index contributed by atoms with van der Waals surface area (Å²) in [5.74, 6) is -1.07. The van der Waals surface area contributed by atoms with E-state index in [1.165, 1.54) is 6.42 Å². The van der Waals surface area contributed by atoms with E-state index in [2.05, 4.69) is 12.2 Å². The number of amides is 1. The van der Waals surface area contributed by atoms with Crippen LogP contribution in [0.5, 0.6) is 0 Å². The average molecular weight is 239 g/mol. The highest BCUT2D eigenvalue weighted by Crippen LogP contribution is 2.37. The molecular weight excluding hydrogens is 218 g/mol. The van der Waals surface area contributed by atoms with Crippen molar-refractivity contribution in [1.29, 1.82) is 0 Å². The standard InChI is InChI=1S/C13H21NO3/c1-2-13(6-3-7-13)14-11(15)9-4-5-10(8-9)12(16)17/h9-10H,2-8H2,1H3,(H,14,15)(H,16,17)/t9-,10+/m1/s1. The number of carbonyl (C=O) groups is 2. The Morgan fingerprint density at radius 3 is 2.35 bits per heavy atom. The lowest BCUT2D eigenvalue weighted by atomic mass is 9.74. The van der Waals surface area contributed by atoms with Crippen molar-refractivity contribution in [2.24, 2.45) is 11.8 Å². The van der Waals surface area contributed by atoms with Crippen LogP contribution in [0.1, 0.15) is 51.9 Å². The van der Waals surface area contributed by atoms with Crippen molar-refractivity contribution in [3.05, 3.63) is 0 Å². The molecule has 4 heteroatoms. The van der Waals surface area contributed by atoms with Gasteiger partial charge < -0.3 is 10.4 Å². The van der Waals surface area contributed by atoms with Gasteiger partial charge in [0.05, 0.1) is 5.92 Å². The second-order valence-electron chi connectivity index (χ2n) is 5.52. The van der Waals surface area contributed by atoms with Crippen molar-refractivity contribution in [1.82, 2.24) is 5.32 Å². The first-order valence-corrected chi connectivity index (χ1v) is 6.61. The zero-order chi connectivity index (χ0) is 12.5. The van der Waals surface area contributed by atoms with Crippen LogP contribution in [0, 0.1) is 11.8 Å². The molecule has 0 aromatic heterocycles. The van der Waals surface area contributed by atoms with Gasteiger partial charge in [-0.2, -0.15) is 0 Å². The van der Waals surface area contributed by atoms with Gasteiger partial charge >= 0.3 is 5.97 Å². The predicted octanol–water partition coefficient (Wildman–Crippen LogP) is 1.94. The van der Waals surface area contributed by atoms with Crippen LogP contribution in [0.25, 0.3) is 0 Å². The van der Waals surface area contributed by atoms with Crippen LogP contribution in [-0.2, 0) is 9.59 Å². The molecule has 2 atom stereocenters. The maximum atomic E-state index is 12.1. The molecule has 0 spiro atoms. The molecule has 2 N–H and O–H groups in total. The van der Waals surface area contributed by atoms with Gasteiger partial charge in [-0.05, 0) is 44.9 Å². The Labute approximate surface area is 102 Å². The summed E-state index contributed by atoms with van der Waals surface area (Å²) in [7, 11) is 0. The molecule has 0 aromatic rings. The highest BCUT2D eigenvalue weighted by molar-refractivity contribution is 5.81. The third-order valence-corrected chi connectivity index (χ3v) is 4.53. The van der Waals surface area contributed by atoms with Crippen LogP contribution >= 0.6 is 0 Å². The Kier molecular flexibility index (Phi) is 3.40. The van der Waals surface area contributed by atoms with E-state index in [-0.39, 0.29) is 23.3 Å². The van der Waals surface area contributed by atoms with E-state index >= 15 is 0 Å². The minimum atomic E-state index is -0.755. The fourth-order valence-corrected chi connectivity index (χ4v) is 2.98. The Hall–Kier alpha value is -1.06. The van der Waals surface area contributed by atoms with E-state index in [0.717, 1.165) is 25.7 Å². The summed E-state index contributed by atoms with van der Waals surface area (Å²) in [5, 5.41) is 12.1. The highest BCUT2D eigenvalue weighted by Gasteiger charge is 2.40. The molecule has 2 aliphatic carbocycles. The number of hydrogen-bond acceptors (Lipinski definition) is 2. The van der Waals surface area contributed by atoms with E-state index in [1.54, 1.807) is 0 Å². The number of aliphatic carboxylic acids is 1. The molecule has 0 radical (unpaired) electrons. The third-order valence-electron chi connectivity index (χ3n) is 4.53. The highest BCUT2D eigenvalue weighted by atomic mass is 16.4. The lowest BCUT2D eigenvalue weighted by Gasteiger charge is -2.42. The second kappa shape index (κ2) is 4.67. The molecular formula is C13H21NO3. The van der Waals surface area contributed by atoms with E-state index in [0.29, 0.717) is 12.8 Å². The van der Waals surface area contributed by atoms with Crippen molar-refractivity contribution >= 4 is 11.9 Å². The topological polar surface area (TPSA) is 66.4 Å². The van der Waals surface area contributed by atoms with Crippen molar-refractivity contribution in [3.63, 3.8) is 0 Å². The maximum absolute atomic E-state index is 12.1. The van der Waals surface area contributed by atoms with Crippen molar-refractivity contribution in [3.8, 4) is 0 Å². The normalized spacial score (nSPS) is 30.6. The number of nitrogens with one attached hydrogen (secondary N) is 1. The SMILES string of the molecule is CCC1(NC(=O)[C@@H]2CC[C@H](C(=O)O)C2)CCC1. The second-order valence-corrected chi connectivity index (χ2v) is 5.52. The molecule has 0 unspecified atom stereocenters. The van der Waals surface area contributed by atoms with Gasteiger partial charge in [0.15, 0.2) is 0 Å². The third kappa shape index (κ3) is 2.45. The summed E-state index contributed by atoms with van der Waals surface area (Å²) in [4.78, 5) is 22.9. The van der Waals surface area contributed by atoms with Crippen LogP contribution in [0.4, 0.5) is 0 Å². The molecule has 0 saturated heterocycles. The molecule has 4 nitrogen and oxygen atoms in total. The molecule has 0 bridgehead atoms. The first-order valence-electron chi connectivity index (χ1n) is 6.61. The number of carbonyl (C=O) groups excluding carboxylic acids is 1. The molecule has 0 heterocycles. The molecule has 2 saturated carbocycles. The minimum Gasteiger partial charge on any atom is -0.481 e. The number of rotatable bonds is 4. The molecule has 96 valence electrons. The van der Waals surface area contributed by atoms with Gasteiger partial charge in [-0.25, -0.2) is 0 Å². The number of hydrogen-bond donors (Lipinski definition) is 2. The van der Waals surface area contributed by atoms with Gasteiger partial charge in [0.2, 0.25) is 5.91 Å². The van der Waals surface area contributed by atoms with E-state index in [1.807, 2.05) is 0 Å². The molecule has 2 aliphatic rings. The van der Waals surface area contributed by atoms with Crippen molar-refractivity contribution < 1.29 is 14.7 Å². The van der Waals surface area contributed by atoms with Gasteiger partial charge in [-0.3, -0.25) is 9.59 Å². The Morgan fingerprint density at radius 1 is 1.29 bits per heavy atom. The first kappa shape index (κ1) is 12.4. The number of carboxylic acid groups (broad SMARTS) is 1. The Bertz CT molecular complexity index is 317. The zero-order valence-corrected chi connectivity index (χ0v) is 10.4. The lowest BCUT2D eigenvalue weighted by molar-refractivity contribution is -0.141. The number of carboxylic acids is 1. The Morgan fingerprint density at radius 2 is 1.94 bits per heavy atom. The maximum Gasteiger partial charge on any atom is 0.306 e. The van der Waals surface area contributed by atoms with E-state index in [9.17, 15) is 9.59 Å². The molecule has 2 fully saturated rings.